The van der Waals surface area contributed by atoms with E-state index in [9.17, 15) is 4.79 Å². The fourth-order valence-corrected chi connectivity index (χ4v) is 4.15. The summed E-state index contributed by atoms with van der Waals surface area (Å²) in [6.07, 6.45) is 1.51. The van der Waals surface area contributed by atoms with Crippen molar-refractivity contribution in [1.29, 1.82) is 0 Å². The number of rotatable bonds is 4. The fraction of sp³-hybridized carbons (Fsp3) is 0.391. The first kappa shape index (κ1) is 20.1. The zero-order valence-electron chi connectivity index (χ0n) is 17.1. The molecule has 1 aromatic carbocycles. The van der Waals surface area contributed by atoms with E-state index in [0.29, 0.717) is 35.9 Å². The highest BCUT2D eigenvalue weighted by molar-refractivity contribution is 9.10. The standard InChI is InChI=1S/C23H25BrN2O3/c1-12(2)9-17-16-11-28-23(3,4)10-15(16)18-19(25)21(29-22(18)26-17)20(27)13-5-7-14(24)8-6-13/h5-8,12H,9-11,25H2,1-4H3. The van der Waals surface area contributed by atoms with Crippen LogP contribution < -0.4 is 5.73 Å². The third-order valence-electron chi connectivity index (χ3n) is 5.30. The number of benzene rings is 1. The Morgan fingerprint density at radius 2 is 1.93 bits per heavy atom. The molecular weight excluding hydrogens is 432 g/mol. The Kier molecular flexibility index (Phi) is 5.03. The van der Waals surface area contributed by atoms with Crippen LogP contribution in [0.1, 0.15) is 60.6 Å². The van der Waals surface area contributed by atoms with Crippen molar-refractivity contribution >= 4 is 38.5 Å². The molecule has 0 atom stereocenters. The number of nitrogens with two attached hydrogens (primary N) is 1. The summed E-state index contributed by atoms with van der Waals surface area (Å²) in [5.74, 6) is 0.358. The number of anilines is 1. The molecule has 0 aliphatic carbocycles. The second kappa shape index (κ2) is 7.26. The Hall–Kier alpha value is -2.18. The van der Waals surface area contributed by atoms with Gasteiger partial charge < -0.3 is 14.9 Å². The number of nitrogen functional groups attached to an aromatic ring is 1. The van der Waals surface area contributed by atoms with E-state index in [0.717, 1.165) is 33.1 Å². The number of carbonyl (C=O) groups excluding carboxylic acids is 1. The predicted octanol–water partition coefficient (Wildman–Crippen LogP) is 5.45. The highest BCUT2D eigenvalue weighted by Crippen LogP contribution is 2.40. The molecule has 0 saturated heterocycles. The molecule has 2 aromatic heterocycles. The van der Waals surface area contributed by atoms with E-state index in [1.54, 1.807) is 12.1 Å². The van der Waals surface area contributed by atoms with Crippen molar-refractivity contribution in [1.82, 2.24) is 4.98 Å². The minimum atomic E-state index is -0.310. The highest BCUT2D eigenvalue weighted by Gasteiger charge is 2.33. The number of nitrogens with zero attached hydrogens (tertiary/aromatic N) is 1. The number of pyridine rings is 1. The normalized spacial score (nSPS) is 15.7. The maximum Gasteiger partial charge on any atom is 0.230 e. The van der Waals surface area contributed by atoms with Crippen LogP contribution in [-0.4, -0.2) is 16.4 Å². The van der Waals surface area contributed by atoms with Crippen molar-refractivity contribution in [3.63, 3.8) is 0 Å². The average molecular weight is 457 g/mol. The number of ether oxygens (including phenoxy) is 1. The van der Waals surface area contributed by atoms with Crippen LogP contribution in [0.5, 0.6) is 0 Å². The number of aromatic nitrogens is 1. The van der Waals surface area contributed by atoms with Crippen molar-refractivity contribution in [3.8, 4) is 0 Å². The van der Waals surface area contributed by atoms with Crippen LogP contribution in [0.25, 0.3) is 11.1 Å². The highest BCUT2D eigenvalue weighted by atomic mass is 79.9. The van der Waals surface area contributed by atoms with Gasteiger partial charge in [-0.25, -0.2) is 4.98 Å². The summed E-state index contributed by atoms with van der Waals surface area (Å²) in [5.41, 5.74) is 10.6. The van der Waals surface area contributed by atoms with Gasteiger partial charge in [0, 0.05) is 22.0 Å². The lowest BCUT2D eigenvalue weighted by atomic mass is 9.87. The van der Waals surface area contributed by atoms with Crippen LogP contribution in [0, 0.1) is 5.92 Å². The SMILES string of the molecule is CC(C)Cc1nc2oc(C(=O)c3ccc(Br)cc3)c(N)c2c2c1COC(C)(C)C2. The van der Waals surface area contributed by atoms with Crippen LogP contribution in [-0.2, 0) is 24.2 Å². The first-order valence-electron chi connectivity index (χ1n) is 9.83. The minimum absolute atomic E-state index is 0.156. The first-order valence-corrected chi connectivity index (χ1v) is 10.6. The Balaban J connectivity index is 1.91. The van der Waals surface area contributed by atoms with E-state index in [1.807, 2.05) is 12.1 Å². The lowest BCUT2D eigenvalue weighted by Gasteiger charge is -2.33. The van der Waals surface area contributed by atoms with Crippen molar-refractivity contribution in [2.45, 2.75) is 52.7 Å². The number of carbonyl (C=O) groups is 1. The second-order valence-electron chi connectivity index (χ2n) is 8.70. The van der Waals surface area contributed by atoms with E-state index in [2.05, 4.69) is 43.6 Å². The summed E-state index contributed by atoms with van der Waals surface area (Å²) in [7, 11) is 0. The first-order chi connectivity index (χ1) is 13.7. The Morgan fingerprint density at radius 3 is 2.59 bits per heavy atom. The van der Waals surface area contributed by atoms with Gasteiger partial charge in [-0.3, -0.25) is 4.79 Å². The molecule has 0 spiro atoms. The molecule has 3 heterocycles. The molecule has 0 radical (unpaired) electrons. The molecule has 0 bridgehead atoms. The lowest BCUT2D eigenvalue weighted by molar-refractivity contribution is -0.0402. The molecule has 0 saturated carbocycles. The van der Waals surface area contributed by atoms with Gasteiger partial charge in [-0.2, -0.15) is 0 Å². The van der Waals surface area contributed by atoms with Gasteiger partial charge in [0.1, 0.15) is 0 Å². The number of furan rings is 1. The van der Waals surface area contributed by atoms with Crippen molar-refractivity contribution in [3.05, 3.63) is 56.9 Å². The monoisotopic (exact) mass is 456 g/mol. The Labute approximate surface area is 178 Å². The summed E-state index contributed by atoms with van der Waals surface area (Å²) in [6, 6.07) is 7.16. The van der Waals surface area contributed by atoms with Crippen LogP contribution in [0.3, 0.4) is 0 Å². The predicted molar refractivity (Wildman–Crippen MR) is 117 cm³/mol. The Morgan fingerprint density at radius 1 is 1.24 bits per heavy atom. The van der Waals surface area contributed by atoms with Crippen molar-refractivity contribution in [2.75, 3.05) is 5.73 Å². The maximum absolute atomic E-state index is 13.1. The Bertz CT molecular complexity index is 1100. The van der Waals surface area contributed by atoms with Gasteiger partial charge in [0.05, 0.1) is 29.0 Å². The quantitative estimate of drug-likeness (QED) is 0.527. The van der Waals surface area contributed by atoms with Gasteiger partial charge in [-0.1, -0.05) is 29.8 Å². The van der Waals surface area contributed by atoms with Crippen LogP contribution in [0.4, 0.5) is 5.69 Å². The molecule has 1 aliphatic heterocycles. The molecule has 4 rings (SSSR count). The number of ketones is 1. The summed E-state index contributed by atoms with van der Waals surface area (Å²) in [6.45, 7) is 8.94. The van der Waals surface area contributed by atoms with Gasteiger partial charge in [-0.15, -0.1) is 0 Å². The third kappa shape index (κ3) is 3.71. The van der Waals surface area contributed by atoms with Crippen LogP contribution >= 0.6 is 15.9 Å². The van der Waals surface area contributed by atoms with Gasteiger partial charge in [-0.05, 0) is 56.0 Å². The maximum atomic E-state index is 13.1. The molecular formula is C23H25BrN2O3. The van der Waals surface area contributed by atoms with E-state index >= 15 is 0 Å². The van der Waals surface area contributed by atoms with Crippen molar-refractivity contribution in [2.24, 2.45) is 5.92 Å². The van der Waals surface area contributed by atoms with E-state index in [-0.39, 0.29) is 17.1 Å². The van der Waals surface area contributed by atoms with E-state index < -0.39 is 0 Å². The number of fused-ring (bicyclic) bond motifs is 3. The zero-order valence-corrected chi connectivity index (χ0v) is 18.7. The molecule has 29 heavy (non-hydrogen) atoms. The summed E-state index contributed by atoms with van der Waals surface area (Å²) in [5, 5.41) is 0.754. The molecule has 1 aliphatic rings. The molecule has 3 aromatic rings. The molecule has 5 nitrogen and oxygen atoms in total. The van der Waals surface area contributed by atoms with Gasteiger partial charge >= 0.3 is 0 Å². The van der Waals surface area contributed by atoms with Crippen LogP contribution in [0.2, 0.25) is 0 Å². The molecule has 6 heteroatoms. The summed E-state index contributed by atoms with van der Waals surface area (Å²) >= 11 is 3.39. The van der Waals surface area contributed by atoms with E-state index in [1.165, 1.54) is 0 Å². The summed E-state index contributed by atoms with van der Waals surface area (Å²) < 4.78 is 12.9. The largest absolute Gasteiger partial charge is 0.432 e. The summed E-state index contributed by atoms with van der Waals surface area (Å²) in [4.78, 5) is 17.8. The van der Waals surface area contributed by atoms with E-state index in [4.69, 9.17) is 19.9 Å². The van der Waals surface area contributed by atoms with Crippen molar-refractivity contribution < 1.29 is 13.9 Å². The lowest BCUT2D eigenvalue weighted by Crippen LogP contribution is -2.33. The number of halogens is 1. The van der Waals surface area contributed by atoms with Gasteiger partial charge in [0.15, 0.2) is 0 Å². The second-order valence-corrected chi connectivity index (χ2v) is 9.62. The topological polar surface area (TPSA) is 78.4 Å². The molecule has 0 amide bonds. The smallest absolute Gasteiger partial charge is 0.230 e. The molecule has 0 fully saturated rings. The molecule has 2 N–H and O–H groups in total. The number of hydrogen-bond acceptors (Lipinski definition) is 5. The molecule has 152 valence electrons. The zero-order chi connectivity index (χ0) is 20.9. The number of hydrogen-bond donors (Lipinski definition) is 1. The third-order valence-corrected chi connectivity index (χ3v) is 5.83. The minimum Gasteiger partial charge on any atom is -0.432 e. The fourth-order valence-electron chi connectivity index (χ4n) is 3.88. The van der Waals surface area contributed by atoms with Gasteiger partial charge in [0.25, 0.3) is 0 Å². The molecule has 0 unspecified atom stereocenters. The van der Waals surface area contributed by atoms with Gasteiger partial charge in [0.2, 0.25) is 17.3 Å². The van der Waals surface area contributed by atoms with Crippen LogP contribution in [0.15, 0.2) is 33.2 Å². The average Bonchev–Trinajstić information content (AvgIpc) is 2.97.